The second-order valence-electron chi connectivity index (χ2n) is 7.17. The van der Waals surface area contributed by atoms with E-state index >= 15 is 0 Å². The smallest absolute Gasteiger partial charge is 0.255 e. The van der Waals surface area contributed by atoms with E-state index in [1.807, 2.05) is 42.5 Å². The fourth-order valence-corrected chi connectivity index (χ4v) is 3.43. The fraction of sp³-hybridized carbons (Fsp3) is 0.0741. The molecular weight excluding hydrogens is 422 g/mol. The van der Waals surface area contributed by atoms with Gasteiger partial charge in [0.25, 0.3) is 5.91 Å². The Morgan fingerprint density at radius 1 is 0.844 bits per heavy atom. The normalized spacial score (nSPS) is 10.4. The molecule has 0 aromatic heterocycles. The van der Waals surface area contributed by atoms with Gasteiger partial charge in [-0.15, -0.1) is 0 Å². The quantitative estimate of drug-likeness (QED) is 0.340. The van der Waals surface area contributed by atoms with Gasteiger partial charge in [0, 0.05) is 21.8 Å². The predicted molar refractivity (Wildman–Crippen MR) is 129 cm³/mol. The van der Waals surface area contributed by atoms with Crippen molar-refractivity contribution >= 4 is 23.2 Å². The molecule has 5 heteroatoms. The number of carbonyl (C=O) groups excluding carboxylic acids is 1. The second-order valence-corrected chi connectivity index (χ2v) is 7.60. The van der Waals surface area contributed by atoms with E-state index in [0.717, 1.165) is 22.4 Å². The molecule has 0 radical (unpaired) electrons. The molecule has 0 aliphatic rings. The van der Waals surface area contributed by atoms with Crippen molar-refractivity contribution in [3.05, 3.63) is 113 Å². The van der Waals surface area contributed by atoms with Crippen molar-refractivity contribution < 1.29 is 14.3 Å². The van der Waals surface area contributed by atoms with Gasteiger partial charge in [0.05, 0.1) is 7.11 Å². The zero-order valence-corrected chi connectivity index (χ0v) is 18.3. The lowest BCUT2D eigenvalue weighted by Gasteiger charge is -2.13. The topological polar surface area (TPSA) is 47.6 Å². The first-order valence-electron chi connectivity index (χ1n) is 10.1. The minimum atomic E-state index is -0.219. The lowest BCUT2D eigenvalue weighted by atomic mass is 10.1. The Morgan fingerprint density at radius 3 is 2.22 bits per heavy atom. The van der Waals surface area contributed by atoms with Gasteiger partial charge in [-0.2, -0.15) is 0 Å². The van der Waals surface area contributed by atoms with Crippen LogP contribution in [0.15, 0.2) is 97.1 Å². The van der Waals surface area contributed by atoms with Crippen LogP contribution in [0.25, 0.3) is 11.1 Å². The SMILES string of the molecule is COc1ccc(C(=O)Nc2ccc(Cl)cc2)cc1COc1ccc(-c2ccccc2)cc1. The maximum Gasteiger partial charge on any atom is 0.255 e. The van der Waals surface area contributed by atoms with Crippen LogP contribution < -0.4 is 14.8 Å². The van der Waals surface area contributed by atoms with Crippen molar-refractivity contribution in [3.8, 4) is 22.6 Å². The molecule has 1 amide bonds. The highest BCUT2D eigenvalue weighted by Gasteiger charge is 2.12. The lowest BCUT2D eigenvalue weighted by Crippen LogP contribution is -2.12. The molecule has 0 bridgehead atoms. The van der Waals surface area contributed by atoms with Crippen molar-refractivity contribution in [1.82, 2.24) is 0 Å². The van der Waals surface area contributed by atoms with Crippen LogP contribution in [-0.4, -0.2) is 13.0 Å². The summed E-state index contributed by atoms with van der Waals surface area (Å²) >= 11 is 5.90. The number of halogens is 1. The van der Waals surface area contributed by atoms with E-state index in [0.29, 0.717) is 22.0 Å². The van der Waals surface area contributed by atoms with Crippen molar-refractivity contribution in [1.29, 1.82) is 0 Å². The molecule has 1 N–H and O–H groups in total. The third-order valence-corrected chi connectivity index (χ3v) is 5.25. The number of nitrogens with one attached hydrogen (secondary N) is 1. The summed E-state index contributed by atoms with van der Waals surface area (Å²) in [7, 11) is 1.60. The van der Waals surface area contributed by atoms with Crippen LogP contribution in [-0.2, 0) is 6.61 Å². The Bertz CT molecular complexity index is 1190. The number of methoxy groups -OCH3 is 1. The van der Waals surface area contributed by atoms with Gasteiger partial charge >= 0.3 is 0 Å². The molecule has 0 spiro atoms. The Balaban J connectivity index is 1.45. The summed E-state index contributed by atoms with van der Waals surface area (Å²) in [5.41, 5.74) is 4.24. The van der Waals surface area contributed by atoms with Crippen molar-refractivity contribution in [2.45, 2.75) is 6.61 Å². The van der Waals surface area contributed by atoms with Crippen LogP contribution in [0.1, 0.15) is 15.9 Å². The Kier molecular flexibility index (Phi) is 6.73. The van der Waals surface area contributed by atoms with Gasteiger partial charge in [-0.3, -0.25) is 4.79 Å². The summed E-state index contributed by atoms with van der Waals surface area (Å²) in [6.45, 7) is 0.274. The molecule has 0 fully saturated rings. The van der Waals surface area contributed by atoms with Gasteiger partial charge < -0.3 is 14.8 Å². The third kappa shape index (κ3) is 5.29. The highest BCUT2D eigenvalue weighted by atomic mass is 35.5. The van der Waals surface area contributed by atoms with Crippen LogP contribution in [0.5, 0.6) is 11.5 Å². The molecule has 4 aromatic carbocycles. The van der Waals surface area contributed by atoms with Crippen LogP contribution in [0.3, 0.4) is 0 Å². The van der Waals surface area contributed by atoms with Crippen molar-refractivity contribution in [2.75, 3.05) is 12.4 Å². The van der Waals surface area contributed by atoms with Crippen molar-refractivity contribution in [3.63, 3.8) is 0 Å². The second kappa shape index (κ2) is 10.0. The van der Waals surface area contributed by atoms with Crippen LogP contribution in [0, 0.1) is 0 Å². The minimum Gasteiger partial charge on any atom is -0.496 e. The van der Waals surface area contributed by atoms with Gasteiger partial charge in [-0.25, -0.2) is 0 Å². The highest BCUT2D eigenvalue weighted by molar-refractivity contribution is 6.30. The van der Waals surface area contributed by atoms with Crippen LogP contribution in [0.4, 0.5) is 5.69 Å². The maximum atomic E-state index is 12.7. The maximum absolute atomic E-state index is 12.7. The summed E-state index contributed by atoms with van der Waals surface area (Å²) in [6.07, 6.45) is 0. The first-order chi connectivity index (χ1) is 15.6. The molecule has 0 unspecified atom stereocenters. The molecule has 0 aliphatic heterocycles. The first-order valence-corrected chi connectivity index (χ1v) is 10.5. The van der Waals surface area contributed by atoms with E-state index in [2.05, 4.69) is 17.4 Å². The van der Waals surface area contributed by atoms with E-state index in [-0.39, 0.29) is 12.5 Å². The monoisotopic (exact) mass is 443 g/mol. The summed E-state index contributed by atoms with van der Waals surface area (Å²) < 4.78 is 11.4. The number of ether oxygens (including phenoxy) is 2. The Hall–Kier alpha value is -3.76. The molecule has 0 saturated heterocycles. The number of carbonyl (C=O) groups is 1. The van der Waals surface area contributed by atoms with Gasteiger partial charge in [-0.1, -0.05) is 54.1 Å². The standard InChI is InChI=1S/C27H22ClNO3/c1-31-26-16-9-21(27(30)29-24-12-10-23(28)11-13-24)17-22(26)18-32-25-14-7-20(8-15-25)19-5-3-2-4-6-19/h2-17H,18H2,1H3,(H,29,30). The first kappa shape index (κ1) is 21.5. The van der Waals surface area contributed by atoms with E-state index < -0.39 is 0 Å². The number of rotatable bonds is 7. The molecule has 0 saturated carbocycles. The molecule has 0 atom stereocenters. The summed E-state index contributed by atoms with van der Waals surface area (Å²) in [4.78, 5) is 12.7. The van der Waals surface area contributed by atoms with Crippen LogP contribution in [0.2, 0.25) is 5.02 Å². The number of anilines is 1. The van der Waals surface area contributed by atoms with E-state index in [1.54, 1.807) is 49.6 Å². The number of hydrogen-bond acceptors (Lipinski definition) is 3. The van der Waals surface area contributed by atoms with Gasteiger partial charge in [0.2, 0.25) is 0 Å². The van der Waals surface area contributed by atoms with Gasteiger partial charge in [0.15, 0.2) is 0 Å². The number of benzene rings is 4. The highest BCUT2D eigenvalue weighted by Crippen LogP contribution is 2.25. The molecule has 4 nitrogen and oxygen atoms in total. The molecule has 0 heterocycles. The average Bonchev–Trinajstić information content (AvgIpc) is 2.85. The minimum absolute atomic E-state index is 0.219. The summed E-state index contributed by atoms with van der Waals surface area (Å²) in [5.74, 6) is 1.18. The van der Waals surface area contributed by atoms with Gasteiger partial charge in [-0.05, 0) is 65.7 Å². The van der Waals surface area contributed by atoms with E-state index in [1.165, 1.54) is 0 Å². The lowest BCUT2D eigenvalue weighted by molar-refractivity contribution is 0.102. The zero-order chi connectivity index (χ0) is 22.3. The number of hydrogen-bond donors (Lipinski definition) is 1. The molecular formula is C27H22ClNO3. The molecule has 4 aromatic rings. The largest absolute Gasteiger partial charge is 0.496 e. The average molecular weight is 444 g/mol. The molecule has 0 aliphatic carbocycles. The molecule has 32 heavy (non-hydrogen) atoms. The predicted octanol–water partition coefficient (Wildman–Crippen LogP) is 6.85. The fourth-order valence-electron chi connectivity index (χ4n) is 3.30. The van der Waals surface area contributed by atoms with Gasteiger partial charge in [0.1, 0.15) is 18.1 Å². The van der Waals surface area contributed by atoms with Crippen LogP contribution >= 0.6 is 11.6 Å². The summed E-state index contributed by atoms with van der Waals surface area (Å²) in [5, 5.41) is 3.48. The zero-order valence-electron chi connectivity index (χ0n) is 17.5. The molecule has 160 valence electrons. The van der Waals surface area contributed by atoms with E-state index in [4.69, 9.17) is 21.1 Å². The van der Waals surface area contributed by atoms with E-state index in [9.17, 15) is 4.79 Å². The Labute approximate surface area is 192 Å². The van der Waals surface area contributed by atoms with Crippen molar-refractivity contribution in [2.24, 2.45) is 0 Å². The molecule has 4 rings (SSSR count). The Morgan fingerprint density at radius 2 is 1.53 bits per heavy atom. The number of amides is 1. The third-order valence-electron chi connectivity index (χ3n) is 5.00. The summed E-state index contributed by atoms with van der Waals surface area (Å²) in [6, 6.07) is 30.3.